The summed E-state index contributed by atoms with van der Waals surface area (Å²) in [4.78, 5) is 18.5. The van der Waals surface area contributed by atoms with Crippen LogP contribution in [0.4, 0.5) is 0 Å². The molecule has 3 aliphatic rings. The average molecular weight is 480 g/mol. The molecule has 31 heavy (non-hydrogen) atoms. The smallest absolute Gasteiger partial charge is 0.194 e. The maximum Gasteiger partial charge on any atom is 0.194 e. The molecular weight excluding hydrogens is 450 g/mol. The van der Waals surface area contributed by atoms with Crippen molar-refractivity contribution in [1.82, 2.24) is 0 Å². The molecule has 0 unspecified atom stereocenters. The van der Waals surface area contributed by atoms with Gasteiger partial charge in [-0.3, -0.25) is 4.79 Å². The fourth-order valence-electron chi connectivity index (χ4n) is 6.18. The minimum Gasteiger partial charge on any atom is -0.466 e. The normalized spacial score (nSPS) is 29.2. The Balaban J connectivity index is 1.68. The van der Waals surface area contributed by atoms with Crippen molar-refractivity contribution in [3.05, 3.63) is 63.1 Å². The lowest BCUT2D eigenvalue weighted by atomic mass is 9.69. The second-order valence-electron chi connectivity index (χ2n) is 10.2. The predicted octanol–water partition coefficient (Wildman–Crippen LogP) is 6.64. The zero-order valence-corrected chi connectivity index (χ0v) is 20.3. The highest BCUT2D eigenvalue weighted by Gasteiger charge is 2.52. The molecule has 1 saturated carbocycles. The van der Waals surface area contributed by atoms with Crippen molar-refractivity contribution in [2.24, 2.45) is 22.2 Å². The molecule has 1 fully saturated rings. The minimum absolute atomic E-state index is 0.0190. The van der Waals surface area contributed by atoms with Crippen molar-refractivity contribution in [3.8, 4) is 5.75 Å². The molecule has 0 bridgehead atoms. The van der Waals surface area contributed by atoms with Gasteiger partial charge in [-0.1, -0.05) is 57.2 Å². The monoisotopic (exact) mass is 479 g/mol. The molecule has 3 nitrogen and oxygen atoms in total. The molecule has 0 aromatic heterocycles. The van der Waals surface area contributed by atoms with Crippen LogP contribution in [0.25, 0.3) is 0 Å². The Labute approximate surface area is 193 Å². The van der Waals surface area contributed by atoms with Gasteiger partial charge in [0, 0.05) is 12.8 Å². The predicted molar refractivity (Wildman–Crippen MR) is 128 cm³/mol. The highest BCUT2D eigenvalue weighted by Crippen LogP contribution is 2.60. The Bertz CT molecular complexity index is 1070. The Hall–Kier alpha value is -1.94. The number of carbonyl (C=O) groups excluding carboxylic acids is 1. The van der Waals surface area contributed by atoms with Crippen molar-refractivity contribution in [3.63, 3.8) is 0 Å². The van der Waals surface area contributed by atoms with Crippen molar-refractivity contribution in [2.75, 3.05) is 0 Å². The number of aliphatic imine (C=N–C) groups is 1. The average Bonchev–Trinajstić information content (AvgIpc) is 3.04. The first kappa shape index (κ1) is 20.9. The number of carbonyl (C=O) groups is 1. The lowest BCUT2D eigenvalue weighted by Gasteiger charge is -2.35. The zero-order valence-electron chi connectivity index (χ0n) is 18.7. The third-order valence-corrected chi connectivity index (χ3v) is 8.68. The number of halogens is 1. The van der Waals surface area contributed by atoms with Crippen LogP contribution in [0.5, 0.6) is 5.75 Å². The fourth-order valence-corrected chi connectivity index (χ4v) is 6.59. The number of rotatable bonds is 3. The molecule has 1 heterocycles. The van der Waals surface area contributed by atoms with Gasteiger partial charge in [0.1, 0.15) is 11.5 Å². The van der Waals surface area contributed by atoms with Crippen LogP contribution < -0.4 is 4.74 Å². The summed E-state index contributed by atoms with van der Waals surface area (Å²) in [5, 5.41) is 0. The molecule has 162 valence electrons. The van der Waals surface area contributed by atoms with Gasteiger partial charge in [0.25, 0.3) is 0 Å². The van der Waals surface area contributed by atoms with Crippen LogP contribution in [0.1, 0.15) is 68.2 Å². The number of ketones is 1. The maximum absolute atomic E-state index is 13.6. The van der Waals surface area contributed by atoms with Gasteiger partial charge >= 0.3 is 0 Å². The van der Waals surface area contributed by atoms with Gasteiger partial charge in [-0.25, -0.2) is 4.99 Å². The summed E-state index contributed by atoms with van der Waals surface area (Å²) in [6.07, 6.45) is 3.12. The molecule has 0 amide bonds. The summed E-state index contributed by atoms with van der Waals surface area (Å²) in [5.74, 6) is 2.50. The van der Waals surface area contributed by atoms with Gasteiger partial charge in [0.05, 0.1) is 10.0 Å². The van der Waals surface area contributed by atoms with Crippen LogP contribution in [-0.4, -0.2) is 17.7 Å². The molecule has 2 aromatic rings. The Kier molecular flexibility index (Phi) is 5.12. The summed E-state index contributed by atoms with van der Waals surface area (Å²) in [6.45, 7) is 9.10. The molecular formula is C27H30BrNO2. The third-order valence-electron chi connectivity index (χ3n) is 7.70. The minimum atomic E-state index is -0.383. The molecule has 4 heteroatoms. The van der Waals surface area contributed by atoms with E-state index in [1.807, 2.05) is 18.2 Å². The molecule has 0 spiro atoms. The van der Waals surface area contributed by atoms with E-state index in [0.717, 1.165) is 27.8 Å². The van der Waals surface area contributed by atoms with E-state index in [9.17, 15) is 4.79 Å². The molecule has 2 aromatic carbocycles. The van der Waals surface area contributed by atoms with E-state index in [4.69, 9.17) is 9.73 Å². The number of ether oxygens (including phenoxy) is 1. The number of nitrogens with zero attached hydrogens (tertiary/aromatic N) is 1. The van der Waals surface area contributed by atoms with E-state index in [-0.39, 0.29) is 17.4 Å². The highest BCUT2D eigenvalue weighted by atomic mass is 79.9. The van der Waals surface area contributed by atoms with Crippen LogP contribution in [0, 0.1) is 24.2 Å². The molecule has 1 aliphatic heterocycles. The van der Waals surface area contributed by atoms with E-state index in [2.05, 4.69) is 61.8 Å². The van der Waals surface area contributed by atoms with E-state index in [1.165, 1.54) is 17.5 Å². The molecule has 0 radical (unpaired) electrons. The Morgan fingerprint density at radius 1 is 1.26 bits per heavy atom. The number of aryl methyl sites for hydroxylation is 1. The van der Waals surface area contributed by atoms with Gasteiger partial charge in [-0.15, -0.1) is 0 Å². The summed E-state index contributed by atoms with van der Waals surface area (Å²) < 4.78 is 7.44. The van der Waals surface area contributed by atoms with Crippen LogP contribution in [0.2, 0.25) is 0 Å². The fraction of sp³-hybridized carbons (Fsp3) is 0.481. The van der Waals surface area contributed by atoms with E-state index in [1.54, 1.807) is 0 Å². The lowest BCUT2D eigenvalue weighted by Crippen LogP contribution is -2.30. The number of hydrogen-bond acceptors (Lipinski definition) is 3. The second-order valence-corrected chi connectivity index (χ2v) is 11.0. The van der Waals surface area contributed by atoms with Crippen molar-refractivity contribution >= 4 is 27.4 Å². The first-order valence-electron chi connectivity index (χ1n) is 11.4. The maximum atomic E-state index is 13.6. The van der Waals surface area contributed by atoms with Gasteiger partial charge in [-0.05, 0) is 75.6 Å². The number of benzene rings is 2. The Morgan fingerprint density at radius 3 is 2.71 bits per heavy atom. The summed E-state index contributed by atoms with van der Waals surface area (Å²) in [7, 11) is 0. The third kappa shape index (κ3) is 3.38. The van der Waals surface area contributed by atoms with Crippen LogP contribution in [0.15, 0.2) is 45.9 Å². The van der Waals surface area contributed by atoms with Gasteiger partial charge in [0.15, 0.2) is 12.0 Å². The topological polar surface area (TPSA) is 38.7 Å². The summed E-state index contributed by atoms with van der Waals surface area (Å²) in [5.41, 5.74) is 5.17. The summed E-state index contributed by atoms with van der Waals surface area (Å²) >= 11 is 3.78. The largest absolute Gasteiger partial charge is 0.466 e. The van der Waals surface area contributed by atoms with Crippen molar-refractivity contribution in [2.45, 2.75) is 65.5 Å². The Morgan fingerprint density at radius 2 is 2.00 bits per heavy atom. The molecule has 0 N–H and O–H groups in total. The molecule has 5 rings (SSSR count). The lowest BCUT2D eigenvalue weighted by molar-refractivity contribution is -0.115. The number of fused-ring (bicyclic) bond motifs is 2. The highest BCUT2D eigenvalue weighted by molar-refractivity contribution is 9.10. The first-order valence-corrected chi connectivity index (χ1v) is 12.2. The first-order chi connectivity index (χ1) is 14.8. The zero-order chi connectivity index (χ0) is 21.9. The standard InChI is InChI=1S/C27H30BrNO2/c1-15(2)18-10-11-27(4)14-20(30)25-22-19(23(18)27)12-16(3)24(28)26(22)31-21(29-25)13-17-8-6-5-7-9-17/h5-9,12,15,18,21,23H,10-11,13-14H2,1-4H3/t18-,21+,23-,27+/m1/s1. The van der Waals surface area contributed by atoms with Crippen molar-refractivity contribution < 1.29 is 9.53 Å². The van der Waals surface area contributed by atoms with E-state index in [0.29, 0.717) is 36.3 Å². The van der Waals surface area contributed by atoms with Crippen LogP contribution in [0.3, 0.4) is 0 Å². The van der Waals surface area contributed by atoms with Gasteiger partial charge < -0.3 is 4.74 Å². The second kappa shape index (κ2) is 7.58. The summed E-state index contributed by atoms with van der Waals surface area (Å²) in [6, 6.07) is 12.5. The molecule has 4 atom stereocenters. The van der Waals surface area contributed by atoms with Gasteiger partial charge in [0.2, 0.25) is 0 Å². The number of Topliss-reactive ketones (excluding diaryl/α,β-unsaturated/α-hetero) is 1. The SMILES string of the molecule is Cc1cc2c3c(c1Br)O[C@@H](Cc1ccccc1)N=C3C(=O)C[C@]1(C)CC[C@H](C(C)C)[C@H]21. The van der Waals surface area contributed by atoms with Crippen molar-refractivity contribution in [1.29, 1.82) is 0 Å². The quantitative estimate of drug-likeness (QED) is 0.494. The molecule has 2 aliphatic carbocycles. The molecule has 0 saturated heterocycles. The number of hydrogen-bond donors (Lipinski definition) is 0. The van der Waals surface area contributed by atoms with Crippen LogP contribution >= 0.6 is 15.9 Å². The van der Waals surface area contributed by atoms with Gasteiger partial charge in [-0.2, -0.15) is 0 Å². The van der Waals surface area contributed by atoms with E-state index >= 15 is 0 Å². The van der Waals surface area contributed by atoms with Crippen LogP contribution in [-0.2, 0) is 11.2 Å². The van der Waals surface area contributed by atoms with E-state index < -0.39 is 0 Å².